The SMILES string of the molecule is CCC1NC(=O)C(C)N(CC(C(C)C)C(C)C)C1=O. The van der Waals surface area contributed by atoms with Crippen LogP contribution in [0.5, 0.6) is 0 Å². The number of carbonyl (C=O) groups excluding carboxylic acids is 2. The summed E-state index contributed by atoms with van der Waals surface area (Å²) >= 11 is 0. The van der Waals surface area contributed by atoms with Crippen molar-refractivity contribution >= 4 is 11.8 Å². The van der Waals surface area contributed by atoms with Crippen molar-refractivity contribution in [2.24, 2.45) is 17.8 Å². The molecule has 0 aromatic rings. The average Bonchev–Trinajstić information content (AvgIpc) is 2.32. The summed E-state index contributed by atoms with van der Waals surface area (Å²) in [6.45, 7) is 13.2. The maximum atomic E-state index is 12.4. The van der Waals surface area contributed by atoms with Gasteiger partial charge in [-0.05, 0) is 31.1 Å². The first-order valence-corrected chi connectivity index (χ1v) is 7.40. The second kappa shape index (κ2) is 6.40. The molecule has 1 saturated heterocycles. The maximum absolute atomic E-state index is 12.4. The van der Waals surface area contributed by atoms with Gasteiger partial charge >= 0.3 is 0 Å². The molecule has 4 heteroatoms. The van der Waals surface area contributed by atoms with Gasteiger partial charge in [0.15, 0.2) is 0 Å². The highest BCUT2D eigenvalue weighted by Gasteiger charge is 2.38. The molecule has 0 aliphatic carbocycles. The van der Waals surface area contributed by atoms with Gasteiger partial charge in [0, 0.05) is 6.54 Å². The molecule has 19 heavy (non-hydrogen) atoms. The second-order valence-corrected chi connectivity index (χ2v) is 6.29. The fourth-order valence-corrected chi connectivity index (χ4v) is 2.83. The number of nitrogens with one attached hydrogen (secondary N) is 1. The van der Waals surface area contributed by atoms with Crippen molar-refractivity contribution in [3.05, 3.63) is 0 Å². The summed E-state index contributed by atoms with van der Waals surface area (Å²) in [5, 5.41) is 2.80. The number of rotatable bonds is 5. The van der Waals surface area contributed by atoms with Crippen molar-refractivity contribution in [3.8, 4) is 0 Å². The third-order valence-corrected chi connectivity index (χ3v) is 4.27. The van der Waals surface area contributed by atoms with Gasteiger partial charge in [0.05, 0.1) is 0 Å². The van der Waals surface area contributed by atoms with Crippen LogP contribution in [0.15, 0.2) is 0 Å². The minimum atomic E-state index is -0.352. The summed E-state index contributed by atoms with van der Waals surface area (Å²) < 4.78 is 0. The number of carbonyl (C=O) groups is 2. The van der Waals surface area contributed by atoms with E-state index >= 15 is 0 Å². The number of hydrogen-bond donors (Lipinski definition) is 1. The van der Waals surface area contributed by atoms with E-state index in [-0.39, 0.29) is 23.9 Å². The maximum Gasteiger partial charge on any atom is 0.245 e. The standard InChI is InChI=1S/C15H28N2O2/c1-7-13-15(19)17(11(6)14(18)16-13)8-12(9(2)3)10(4)5/h9-13H,7-8H2,1-6H3,(H,16,18). The molecule has 0 aromatic heterocycles. The van der Waals surface area contributed by atoms with Crippen LogP contribution in [0.4, 0.5) is 0 Å². The zero-order chi connectivity index (χ0) is 14.7. The normalized spacial score (nSPS) is 24.6. The van der Waals surface area contributed by atoms with E-state index in [1.165, 1.54) is 0 Å². The third kappa shape index (κ3) is 3.48. The first-order valence-electron chi connectivity index (χ1n) is 7.40. The molecule has 0 bridgehead atoms. The largest absolute Gasteiger partial charge is 0.343 e. The van der Waals surface area contributed by atoms with Crippen LogP contribution >= 0.6 is 0 Å². The summed E-state index contributed by atoms with van der Waals surface area (Å²) in [7, 11) is 0. The van der Waals surface area contributed by atoms with Crippen LogP contribution < -0.4 is 5.32 Å². The van der Waals surface area contributed by atoms with E-state index in [2.05, 4.69) is 33.0 Å². The van der Waals surface area contributed by atoms with Crippen molar-refractivity contribution in [1.29, 1.82) is 0 Å². The van der Waals surface area contributed by atoms with Gasteiger partial charge in [0.1, 0.15) is 12.1 Å². The fourth-order valence-electron chi connectivity index (χ4n) is 2.83. The summed E-state index contributed by atoms with van der Waals surface area (Å²) in [6, 6.07) is -0.695. The topological polar surface area (TPSA) is 49.4 Å². The van der Waals surface area contributed by atoms with Crippen LogP contribution in [-0.2, 0) is 9.59 Å². The summed E-state index contributed by atoms with van der Waals surface area (Å²) in [4.78, 5) is 26.1. The Kier molecular flexibility index (Phi) is 5.39. The van der Waals surface area contributed by atoms with Crippen molar-refractivity contribution < 1.29 is 9.59 Å². The van der Waals surface area contributed by atoms with E-state index in [9.17, 15) is 9.59 Å². The lowest BCUT2D eigenvalue weighted by Gasteiger charge is -2.40. The van der Waals surface area contributed by atoms with Gasteiger partial charge in [0.25, 0.3) is 0 Å². The number of hydrogen-bond acceptors (Lipinski definition) is 2. The molecular formula is C15H28N2O2. The van der Waals surface area contributed by atoms with Crippen molar-refractivity contribution in [3.63, 3.8) is 0 Å². The monoisotopic (exact) mass is 268 g/mol. The number of nitrogens with zero attached hydrogens (tertiary/aromatic N) is 1. The summed E-state index contributed by atoms with van der Waals surface area (Å²) in [5.41, 5.74) is 0. The Hall–Kier alpha value is -1.06. The Morgan fingerprint density at radius 3 is 2.11 bits per heavy atom. The molecular weight excluding hydrogens is 240 g/mol. The van der Waals surface area contributed by atoms with E-state index in [0.717, 1.165) is 0 Å². The molecule has 1 aliphatic rings. The van der Waals surface area contributed by atoms with Crippen LogP contribution in [-0.4, -0.2) is 35.3 Å². The Labute approximate surface area is 116 Å². The average molecular weight is 268 g/mol. The zero-order valence-electron chi connectivity index (χ0n) is 13.1. The Morgan fingerprint density at radius 1 is 1.16 bits per heavy atom. The van der Waals surface area contributed by atoms with Gasteiger partial charge < -0.3 is 10.2 Å². The van der Waals surface area contributed by atoms with Gasteiger partial charge in [-0.25, -0.2) is 0 Å². The molecule has 1 rings (SSSR count). The summed E-state index contributed by atoms with van der Waals surface area (Å²) in [5.74, 6) is 1.48. The molecule has 1 aliphatic heterocycles. The molecule has 2 unspecified atom stereocenters. The van der Waals surface area contributed by atoms with Gasteiger partial charge in [0.2, 0.25) is 11.8 Å². The number of amides is 2. The highest BCUT2D eigenvalue weighted by molar-refractivity contribution is 5.96. The Balaban J connectivity index is 2.88. The lowest BCUT2D eigenvalue weighted by Crippen LogP contribution is -2.63. The predicted octanol–water partition coefficient (Wildman–Crippen LogP) is 2.04. The van der Waals surface area contributed by atoms with Crippen molar-refractivity contribution in [2.75, 3.05) is 6.54 Å². The van der Waals surface area contributed by atoms with Gasteiger partial charge in [-0.2, -0.15) is 0 Å². The van der Waals surface area contributed by atoms with E-state index in [0.29, 0.717) is 30.7 Å². The molecule has 0 radical (unpaired) electrons. The Bertz CT molecular complexity index is 331. The van der Waals surface area contributed by atoms with Gasteiger partial charge in [-0.3, -0.25) is 9.59 Å². The zero-order valence-corrected chi connectivity index (χ0v) is 13.1. The lowest BCUT2D eigenvalue weighted by atomic mass is 9.84. The lowest BCUT2D eigenvalue weighted by molar-refractivity contribution is -0.149. The molecule has 0 spiro atoms. The van der Waals surface area contributed by atoms with E-state index in [4.69, 9.17) is 0 Å². The highest BCUT2D eigenvalue weighted by Crippen LogP contribution is 2.24. The minimum absolute atomic E-state index is 0.0299. The molecule has 4 nitrogen and oxygen atoms in total. The van der Waals surface area contributed by atoms with E-state index in [1.54, 1.807) is 4.90 Å². The van der Waals surface area contributed by atoms with Crippen molar-refractivity contribution in [2.45, 2.75) is 60.0 Å². The molecule has 110 valence electrons. The van der Waals surface area contributed by atoms with E-state index < -0.39 is 0 Å². The van der Waals surface area contributed by atoms with E-state index in [1.807, 2.05) is 13.8 Å². The van der Waals surface area contributed by atoms with Gasteiger partial charge in [-0.15, -0.1) is 0 Å². The second-order valence-electron chi connectivity index (χ2n) is 6.29. The molecule has 0 saturated carbocycles. The third-order valence-electron chi connectivity index (χ3n) is 4.27. The fraction of sp³-hybridized carbons (Fsp3) is 0.867. The van der Waals surface area contributed by atoms with Gasteiger partial charge in [-0.1, -0.05) is 34.6 Å². The molecule has 1 N–H and O–H groups in total. The molecule has 2 atom stereocenters. The van der Waals surface area contributed by atoms with Crippen molar-refractivity contribution in [1.82, 2.24) is 10.2 Å². The summed E-state index contributed by atoms with van der Waals surface area (Å²) in [6.07, 6.45) is 0.655. The molecule has 1 fully saturated rings. The first kappa shape index (κ1) is 16.0. The number of piperazine rings is 1. The van der Waals surface area contributed by atoms with Crippen LogP contribution in [0, 0.1) is 17.8 Å². The molecule has 0 aromatic carbocycles. The predicted molar refractivity (Wildman–Crippen MR) is 76.6 cm³/mol. The highest BCUT2D eigenvalue weighted by atomic mass is 16.2. The Morgan fingerprint density at radius 2 is 1.68 bits per heavy atom. The first-order chi connectivity index (χ1) is 8.79. The van der Waals surface area contributed by atoms with Crippen LogP contribution in [0.3, 0.4) is 0 Å². The molecule has 2 amide bonds. The minimum Gasteiger partial charge on any atom is -0.343 e. The quantitative estimate of drug-likeness (QED) is 0.829. The molecule has 1 heterocycles. The van der Waals surface area contributed by atoms with Crippen LogP contribution in [0.25, 0.3) is 0 Å². The van der Waals surface area contributed by atoms with Crippen LogP contribution in [0.1, 0.15) is 48.0 Å². The smallest absolute Gasteiger partial charge is 0.245 e. The van der Waals surface area contributed by atoms with Crippen LogP contribution in [0.2, 0.25) is 0 Å².